The van der Waals surface area contributed by atoms with Crippen LogP contribution in [0.4, 0.5) is 0 Å². The Morgan fingerprint density at radius 2 is 1.71 bits per heavy atom. The average molecular weight is 380 g/mol. The molecule has 0 bridgehead atoms. The molecule has 2 heterocycles. The summed E-state index contributed by atoms with van der Waals surface area (Å²) in [7, 11) is 3.69. The van der Waals surface area contributed by atoms with Crippen LogP contribution in [0, 0.1) is 5.92 Å². The van der Waals surface area contributed by atoms with E-state index in [2.05, 4.69) is 29.2 Å². The molecule has 28 heavy (non-hydrogen) atoms. The van der Waals surface area contributed by atoms with Crippen molar-refractivity contribution in [3.63, 3.8) is 0 Å². The van der Waals surface area contributed by atoms with Gasteiger partial charge in [-0.25, -0.2) is 0 Å². The summed E-state index contributed by atoms with van der Waals surface area (Å²) in [5.41, 5.74) is 2.42. The summed E-state index contributed by atoms with van der Waals surface area (Å²) in [6.07, 6.45) is 1.82. The maximum absolute atomic E-state index is 12.1. The van der Waals surface area contributed by atoms with Crippen LogP contribution in [0.2, 0.25) is 0 Å². The molecule has 4 rings (SSSR count). The monoisotopic (exact) mass is 380 g/mol. The Labute approximate surface area is 166 Å². The van der Waals surface area contributed by atoms with Gasteiger partial charge in [-0.3, -0.25) is 9.69 Å². The molecule has 5 heteroatoms. The minimum absolute atomic E-state index is 0.0725. The minimum Gasteiger partial charge on any atom is -0.485 e. The van der Waals surface area contributed by atoms with Crippen LogP contribution in [0.15, 0.2) is 48.5 Å². The number of fused-ring (bicyclic) bond motifs is 1. The van der Waals surface area contributed by atoms with Gasteiger partial charge in [0.2, 0.25) is 5.91 Å². The zero-order chi connectivity index (χ0) is 19.5. The number of rotatable bonds is 4. The molecule has 2 aliphatic rings. The number of carbonyl (C=O) groups is 1. The highest BCUT2D eigenvalue weighted by Crippen LogP contribution is 2.35. The zero-order valence-electron chi connectivity index (χ0n) is 16.6. The number of nitrogens with zero attached hydrogens (tertiary/aromatic N) is 2. The average Bonchev–Trinajstić information content (AvgIpc) is 2.74. The summed E-state index contributed by atoms with van der Waals surface area (Å²) in [5, 5.41) is 0. The molecule has 0 saturated carbocycles. The summed E-state index contributed by atoms with van der Waals surface area (Å²) in [6.45, 7) is 3.41. The largest absolute Gasteiger partial charge is 0.485 e. The van der Waals surface area contributed by atoms with Gasteiger partial charge in [0.15, 0.2) is 17.6 Å². The van der Waals surface area contributed by atoms with Crippen molar-refractivity contribution in [3.8, 4) is 11.5 Å². The Morgan fingerprint density at radius 1 is 1.04 bits per heavy atom. The van der Waals surface area contributed by atoms with E-state index in [1.807, 2.05) is 38.4 Å². The summed E-state index contributed by atoms with van der Waals surface area (Å²) in [6, 6.07) is 16.4. The third-order valence-corrected chi connectivity index (χ3v) is 5.64. The quantitative estimate of drug-likeness (QED) is 0.814. The van der Waals surface area contributed by atoms with Gasteiger partial charge in [-0.1, -0.05) is 36.4 Å². The molecule has 1 fully saturated rings. The number of ether oxygens (including phenoxy) is 2. The Bertz CT molecular complexity index is 811. The second kappa shape index (κ2) is 8.23. The molecule has 1 unspecified atom stereocenters. The molecule has 1 atom stereocenters. The van der Waals surface area contributed by atoms with E-state index in [0.717, 1.165) is 49.5 Å². The number of benzene rings is 2. The molecule has 0 spiro atoms. The van der Waals surface area contributed by atoms with Gasteiger partial charge in [0.05, 0.1) is 0 Å². The van der Waals surface area contributed by atoms with Gasteiger partial charge in [0.25, 0.3) is 0 Å². The SMILES string of the molecule is CN(C)C(=O)C1CCN(Cc2ccc(C3COc4ccccc4O3)cc2)CC1. The number of piperidine rings is 1. The predicted molar refractivity (Wildman–Crippen MR) is 108 cm³/mol. The number of hydrogen-bond acceptors (Lipinski definition) is 4. The first-order valence-corrected chi connectivity index (χ1v) is 10.0. The Balaban J connectivity index is 1.32. The minimum atomic E-state index is -0.0725. The summed E-state index contributed by atoms with van der Waals surface area (Å²) < 4.78 is 11.9. The van der Waals surface area contributed by atoms with Gasteiger partial charge in [0, 0.05) is 26.6 Å². The molecule has 0 N–H and O–H groups in total. The van der Waals surface area contributed by atoms with Crippen LogP contribution in [-0.4, -0.2) is 49.5 Å². The van der Waals surface area contributed by atoms with Crippen LogP contribution in [0.3, 0.4) is 0 Å². The number of hydrogen-bond donors (Lipinski definition) is 0. The first-order valence-electron chi connectivity index (χ1n) is 10.0. The van der Waals surface area contributed by atoms with Gasteiger partial charge in [0.1, 0.15) is 6.61 Å². The van der Waals surface area contributed by atoms with Gasteiger partial charge in [-0.15, -0.1) is 0 Å². The lowest BCUT2D eigenvalue weighted by Crippen LogP contribution is -2.39. The van der Waals surface area contributed by atoms with Gasteiger partial charge in [-0.2, -0.15) is 0 Å². The zero-order valence-corrected chi connectivity index (χ0v) is 16.6. The van der Waals surface area contributed by atoms with Crippen LogP contribution in [0.5, 0.6) is 11.5 Å². The van der Waals surface area contributed by atoms with Crippen molar-refractivity contribution in [1.29, 1.82) is 0 Å². The maximum Gasteiger partial charge on any atom is 0.225 e. The second-order valence-corrected chi connectivity index (χ2v) is 7.89. The van der Waals surface area contributed by atoms with Crippen LogP contribution in [0.25, 0.3) is 0 Å². The molecule has 1 saturated heterocycles. The summed E-state index contributed by atoms with van der Waals surface area (Å²) in [4.78, 5) is 16.3. The molecule has 0 aromatic heterocycles. The van der Waals surface area contributed by atoms with E-state index in [0.29, 0.717) is 6.61 Å². The van der Waals surface area contributed by atoms with E-state index in [1.54, 1.807) is 4.90 Å². The third-order valence-electron chi connectivity index (χ3n) is 5.64. The van der Waals surface area contributed by atoms with Gasteiger partial charge >= 0.3 is 0 Å². The molecule has 5 nitrogen and oxygen atoms in total. The molecular weight excluding hydrogens is 352 g/mol. The molecule has 2 aliphatic heterocycles. The van der Waals surface area contributed by atoms with Crippen LogP contribution in [-0.2, 0) is 11.3 Å². The Kier molecular flexibility index (Phi) is 5.53. The molecule has 1 amide bonds. The van der Waals surface area contributed by atoms with Crippen molar-refractivity contribution in [2.75, 3.05) is 33.8 Å². The number of amides is 1. The van der Waals surface area contributed by atoms with E-state index in [1.165, 1.54) is 5.56 Å². The van der Waals surface area contributed by atoms with Crippen LogP contribution in [0.1, 0.15) is 30.1 Å². The molecule has 2 aromatic rings. The number of likely N-dealkylation sites (tertiary alicyclic amines) is 1. The number of para-hydroxylation sites is 2. The fraction of sp³-hybridized carbons (Fsp3) is 0.435. The van der Waals surface area contributed by atoms with Gasteiger partial charge in [-0.05, 0) is 49.2 Å². The van der Waals surface area contributed by atoms with Crippen molar-refractivity contribution < 1.29 is 14.3 Å². The Morgan fingerprint density at radius 3 is 2.39 bits per heavy atom. The highest BCUT2D eigenvalue weighted by atomic mass is 16.6. The van der Waals surface area contributed by atoms with Crippen LogP contribution >= 0.6 is 0 Å². The number of carbonyl (C=O) groups excluding carboxylic acids is 1. The predicted octanol–water partition coefficient (Wildman–Crippen LogP) is 3.50. The molecule has 0 radical (unpaired) electrons. The topological polar surface area (TPSA) is 42.0 Å². The molecule has 2 aromatic carbocycles. The lowest BCUT2D eigenvalue weighted by molar-refractivity contribution is -0.134. The van der Waals surface area contributed by atoms with Crippen molar-refractivity contribution in [2.24, 2.45) is 5.92 Å². The van der Waals surface area contributed by atoms with E-state index in [-0.39, 0.29) is 17.9 Å². The van der Waals surface area contributed by atoms with Crippen LogP contribution < -0.4 is 9.47 Å². The van der Waals surface area contributed by atoms with Crippen molar-refractivity contribution in [2.45, 2.75) is 25.5 Å². The van der Waals surface area contributed by atoms with E-state index < -0.39 is 0 Å². The second-order valence-electron chi connectivity index (χ2n) is 7.89. The highest BCUT2D eigenvalue weighted by Gasteiger charge is 2.26. The first-order chi connectivity index (χ1) is 13.6. The molecule has 0 aliphatic carbocycles. The van der Waals surface area contributed by atoms with E-state index >= 15 is 0 Å². The molecule has 148 valence electrons. The van der Waals surface area contributed by atoms with Crippen molar-refractivity contribution in [3.05, 3.63) is 59.7 Å². The fourth-order valence-corrected chi connectivity index (χ4v) is 3.98. The fourth-order valence-electron chi connectivity index (χ4n) is 3.98. The van der Waals surface area contributed by atoms with Gasteiger partial charge < -0.3 is 14.4 Å². The smallest absolute Gasteiger partial charge is 0.225 e. The normalized spacial score (nSPS) is 20.0. The summed E-state index contributed by atoms with van der Waals surface area (Å²) >= 11 is 0. The Hall–Kier alpha value is -2.53. The maximum atomic E-state index is 12.1. The standard InChI is InChI=1S/C23H28N2O3/c1-24(2)23(26)19-11-13-25(14-12-19)15-17-7-9-18(10-8-17)22-16-27-20-5-3-4-6-21(20)28-22/h3-10,19,22H,11-16H2,1-2H3. The van der Waals surface area contributed by atoms with E-state index in [4.69, 9.17) is 9.47 Å². The lowest BCUT2D eigenvalue weighted by atomic mass is 9.95. The molecular formula is C23H28N2O3. The summed E-state index contributed by atoms with van der Waals surface area (Å²) in [5.74, 6) is 2.06. The lowest BCUT2D eigenvalue weighted by Gasteiger charge is -2.32. The highest BCUT2D eigenvalue weighted by molar-refractivity contribution is 5.78. The van der Waals surface area contributed by atoms with Crippen molar-refractivity contribution in [1.82, 2.24) is 9.80 Å². The van der Waals surface area contributed by atoms with E-state index in [9.17, 15) is 4.79 Å². The van der Waals surface area contributed by atoms with Crippen molar-refractivity contribution >= 4 is 5.91 Å². The first kappa shape index (κ1) is 18.8. The third kappa shape index (κ3) is 4.14.